The van der Waals surface area contributed by atoms with Crippen molar-refractivity contribution in [3.63, 3.8) is 0 Å². The van der Waals surface area contributed by atoms with Gasteiger partial charge >= 0.3 is 0 Å². The normalized spacial score (nSPS) is 32.0. The Bertz CT molecular complexity index is 1280. The van der Waals surface area contributed by atoms with Crippen molar-refractivity contribution < 1.29 is 5.11 Å². The van der Waals surface area contributed by atoms with Crippen LogP contribution < -0.4 is 4.90 Å². The van der Waals surface area contributed by atoms with Gasteiger partial charge < -0.3 is 10.0 Å². The lowest BCUT2D eigenvalue weighted by molar-refractivity contribution is -0.0928. The number of hydrogen-bond acceptors (Lipinski definition) is 2. The number of benzene rings is 1. The summed E-state index contributed by atoms with van der Waals surface area (Å²) in [6.07, 6.45) is 1.83. The second-order valence-electron chi connectivity index (χ2n) is 13.1. The van der Waals surface area contributed by atoms with E-state index in [1.54, 1.807) is 0 Å². The van der Waals surface area contributed by atoms with Crippen LogP contribution in [0.4, 0.5) is 5.69 Å². The molecule has 0 aromatic heterocycles. The molecule has 36 heavy (non-hydrogen) atoms. The fourth-order valence-corrected chi connectivity index (χ4v) is 9.07. The first-order valence-electron chi connectivity index (χ1n) is 13.5. The molecule has 0 spiro atoms. The second-order valence-corrected chi connectivity index (χ2v) is 13.1. The lowest BCUT2D eigenvalue weighted by Gasteiger charge is -2.64. The molecule has 1 aromatic rings. The molecule has 0 unspecified atom stereocenters. The van der Waals surface area contributed by atoms with E-state index in [0.29, 0.717) is 5.92 Å². The average molecular weight is 486 g/mol. The van der Waals surface area contributed by atoms with Gasteiger partial charge in [0.25, 0.3) is 0 Å². The molecule has 0 fully saturated rings. The summed E-state index contributed by atoms with van der Waals surface area (Å²) in [7, 11) is 4.28. The molecule has 0 radical (unpaired) electrons. The van der Waals surface area contributed by atoms with Gasteiger partial charge in [-0.15, -0.1) is 0 Å². The molecule has 2 heteroatoms. The average Bonchev–Trinajstić information content (AvgIpc) is 2.72. The van der Waals surface area contributed by atoms with Crippen LogP contribution >= 0.6 is 0 Å². The number of aliphatic hydroxyl groups is 1. The van der Waals surface area contributed by atoms with Crippen molar-refractivity contribution in [2.75, 3.05) is 19.0 Å². The third-order valence-electron chi connectivity index (χ3n) is 10.1. The van der Waals surface area contributed by atoms with E-state index in [1.165, 1.54) is 39.1 Å². The van der Waals surface area contributed by atoms with Crippen LogP contribution in [-0.4, -0.2) is 24.8 Å². The van der Waals surface area contributed by atoms with Crippen LogP contribution in [0.3, 0.4) is 0 Å². The maximum absolute atomic E-state index is 12.9. The highest BCUT2D eigenvalue weighted by atomic mass is 16.3. The summed E-state index contributed by atoms with van der Waals surface area (Å²) in [6.45, 7) is 33.8. The number of rotatable bonds is 3. The first kappa shape index (κ1) is 26.7. The molecule has 0 bridgehead atoms. The fraction of sp³-hybridized carbons (Fsp3) is 0.529. The molecular weight excluding hydrogens is 438 g/mol. The molecule has 194 valence electrons. The highest BCUT2D eigenvalue weighted by Gasteiger charge is 2.65. The predicted molar refractivity (Wildman–Crippen MR) is 156 cm³/mol. The van der Waals surface area contributed by atoms with Crippen molar-refractivity contribution in [1.29, 1.82) is 0 Å². The number of fused-ring (bicyclic) bond motifs is 3. The van der Waals surface area contributed by atoms with Gasteiger partial charge in [-0.25, -0.2) is 0 Å². The van der Waals surface area contributed by atoms with E-state index in [-0.39, 0.29) is 16.7 Å². The van der Waals surface area contributed by atoms with Crippen molar-refractivity contribution in [3.8, 4) is 0 Å². The van der Waals surface area contributed by atoms with Crippen LogP contribution in [0.1, 0.15) is 77.1 Å². The van der Waals surface area contributed by atoms with Crippen LogP contribution in [0.25, 0.3) is 5.57 Å². The van der Waals surface area contributed by atoms with Crippen molar-refractivity contribution >= 4 is 11.3 Å². The van der Waals surface area contributed by atoms with Crippen molar-refractivity contribution in [3.05, 3.63) is 81.5 Å². The Morgan fingerprint density at radius 2 is 1.69 bits per heavy atom. The molecule has 0 amide bonds. The van der Waals surface area contributed by atoms with E-state index in [1.807, 2.05) is 6.92 Å². The van der Waals surface area contributed by atoms with E-state index in [9.17, 15) is 5.11 Å². The van der Waals surface area contributed by atoms with Crippen molar-refractivity contribution in [2.24, 2.45) is 22.7 Å². The largest absolute Gasteiger partial charge is 0.380 e. The number of hydrogen-bond donors (Lipinski definition) is 1. The maximum atomic E-state index is 12.9. The molecule has 3 aliphatic carbocycles. The summed E-state index contributed by atoms with van der Waals surface area (Å²) in [6, 6.07) is 2.33. The van der Waals surface area contributed by atoms with Gasteiger partial charge in [0.1, 0.15) is 5.60 Å². The topological polar surface area (TPSA) is 23.5 Å². The summed E-state index contributed by atoms with van der Waals surface area (Å²) in [5.74, 6) is 0.596. The number of allylic oxidation sites excluding steroid dienone is 4. The first-order chi connectivity index (χ1) is 16.5. The van der Waals surface area contributed by atoms with Crippen molar-refractivity contribution in [2.45, 2.75) is 80.8 Å². The predicted octanol–water partition coefficient (Wildman–Crippen LogP) is 8.14. The molecule has 4 rings (SSSR count). The molecule has 1 N–H and O–H groups in total. The Morgan fingerprint density at radius 1 is 1.11 bits per heavy atom. The highest BCUT2D eigenvalue weighted by molar-refractivity contribution is 5.90. The Labute approximate surface area is 220 Å². The van der Waals surface area contributed by atoms with E-state index in [2.05, 4.69) is 93.6 Å². The maximum Gasteiger partial charge on any atom is 0.117 e. The van der Waals surface area contributed by atoms with Gasteiger partial charge in [0, 0.05) is 25.2 Å². The molecule has 0 saturated heterocycles. The van der Waals surface area contributed by atoms with Crippen LogP contribution in [0.2, 0.25) is 0 Å². The Hall–Kier alpha value is -2.32. The van der Waals surface area contributed by atoms with Gasteiger partial charge in [-0.1, -0.05) is 58.6 Å². The van der Waals surface area contributed by atoms with Crippen LogP contribution in [0.15, 0.2) is 59.2 Å². The summed E-state index contributed by atoms with van der Waals surface area (Å²) in [5, 5.41) is 12.9. The molecular formula is C34H47NO. The first-order valence-corrected chi connectivity index (χ1v) is 13.5. The standard InChI is InChI=1S/C34H47NO/c1-18(2)28-22(7)30(19(3)4)33(12)17-32(11)16-26-27(35(13)14)15-20(5)21(6)29(26)23(8)31(32)25(10)34(33,36)24(28)9/h15,19,30,36H,1,8-9,16-17H2,2-7,10-14H3/t30-,32+,33+,34-/m1/s1. The van der Waals surface area contributed by atoms with E-state index in [0.717, 1.165) is 40.7 Å². The lowest BCUT2D eigenvalue weighted by Crippen LogP contribution is -2.62. The molecule has 2 nitrogen and oxygen atoms in total. The minimum Gasteiger partial charge on any atom is -0.380 e. The SMILES string of the molecule is C=C(C)C1=C(C)[C@@H](C(C)C)[C@]2(C)C[C@]3(C)Cc4c(N(C)C)cc(C)c(C)c4C(=C)C3=C(C)[C@]2(O)C1=C. The quantitative estimate of drug-likeness (QED) is 0.467. The molecule has 0 aliphatic heterocycles. The second kappa shape index (κ2) is 8.09. The van der Waals surface area contributed by atoms with Gasteiger partial charge in [-0.05, 0) is 121 Å². The van der Waals surface area contributed by atoms with E-state index < -0.39 is 5.60 Å². The van der Waals surface area contributed by atoms with E-state index >= 15 is 0 Å². The van der Waals surface area contributed by atoms with Gasteiger partial charge in [-0.2, -0.15) is 0 Å². The zero-order valence-electron chi connectivity index (χ0n) is 24.7. The number of nitrogens with zero attached hydrogens (tertiary/aromatic N) is 1. The van der Waals surface area contributed by atoms with Gasteiger partial charge in [0.2, 0.25) is 0 Å². The molecule has 0 heterocycles. The monoisotopic (exact) mass is 485 g/mol. The minimum absolute atomic E-state index is 0.129. The highest BCUT2D eigenvalue weighted by Crippen LogP contribution is 2.69. The zero-order chi connectivity index (χ0) is 27.3. The van der Waals surface area contributed by atoms with Crippen LogP contribution in [0, 0.1) is 36.5 Å². The van der Waals surface area contributed by atoms with Crippen LogP contribution in [0.5, 0.6) is 0 Å². The van der Waals surface area contributed by atoms with Gasteiger partial charge in [-0.3, -0.25) is 0 Å². The zero-order valence-corrected chi connectivity index (χ0v) is 24.7. The number of anilines is 1. The van der Waals surface area contributed by atoms with Gasteiger partial charge in [0.05, 0.1) is 0 Å². The Morgan fingerprint density at radius 3 is 2.19 bits per heavy atom. The fourth-order valence-electron chi connectivity index (χ4n) is 9.07. The Kier molecular flexibility index (Phi) is 6.01. The summed E-state index contributed by atoms with van der Waals surface area (Å²) >= 11 is 0. The lowest BCUT2D eigenvalue weighted by atomic mass is 9.41. The minimum atomic E-state index is -1.15. The molecule has 0 saturated carbocycles. The number of aryl methyl sites for hydroxylation is 1. The van der Waals surface area contributed by atoms with Crippen LogP contribution in [-0.2, 0) is 6.42 Å². The molecule has 4 atom stereocenters. The van der Waals surface area contributed by atoms with E-state index in [4.69, 9.17) is 6.58 Å². The van der Waals surface area contributed by atoms with Crippen molar-refractivity contribution in [1.82, 2.24) is 0 Å². The molecule has 1 aromatic carbocycles. The third kappa shape index (κ3) is 3.13. The summed E-state index contributed by atoms with van der Waals surface area (Å²) in [5.41, 5.74) is 12.4. The third-order valence-corrected chi connectivity index (χ3v) is 10.1. The summed E-state index contributed by atoms with van der Waals surface area (Å²) < 4.78 is 0. The van der Waals surface area contributed by atoms with Gasteiger partial charge in [0.15, 0.2) is 0 Å². The smallest absolute Gasteiger partial charge is 0.117 e. The molecule has 3 aliphatic rings. The Balaban J connectivity index is 2.10. The summed E-state index contributed by atoms with van der Waals surface area (Å²) in [4.78, 5) is 2.25.